The van der Waals surface area contributed by atoms with Crippen LogP contribution in [0.5, 0.6) is 0 Å². The van der Waals surface area contributed by atoms with Crippen LogP contribution in [0.25, 0.3) is 11.1 Å². The van der Waals surface area contributed by atoms with Gasteiger partial charge in [-0.15, -0.1) is 0 Å². The quantitative estimate of drug-likeness (QED) is 0.299. The summed E-state index contributed by atoms with van der Waals surface area (Å²) in [5, 5.41) is 11.7. The van der Waals surface area contributed by atoms with Crippen molar-refractivity contribution in [3.63, 3.8) is 0 Å². The van der Waals surface area contributed by atoms with Crippen LogP contribution in [-0.2, 0) is 9.47 Å². The number of methoxy groups -OCH3 is 1. The molecule has 0 spiro atoms. The minimum atomic E-state index is 0.392. The van der Waals surface area contributed by atoms with E-state index < -0.39 is 0 Å². The van der Waals surface area contributed by atoms with Gasteiger partial charge in [0, 0.05) is 62.8 Å². The summed E-state index contributed by atoms with van der Waals surface area (Å²) in [6.07, 6.45) is 10.1. The number of hydrogen-bond acceptors (Lipinski definition) is 7. The van der Waals surface area contributed by atoms with Crippen LogP contribution in [0.2, 0.25) is 10.2 Å². The molecule has 0 bridgehead atoms. The molecule has 1 saturated carbocycles. The summed E-state index contributed by atoms with van der Waals surface area (Å²) >= 11 is 13.0. The van der Waals surface area contributed by atoms with Gasteiger partial charge in [0.15, 0.2) is 0 Å². The van der Waals surface area contributed by atoms with Crippen LogP contribution in [0, 0.1) is 5.92 Å². The molecule has 0 amide bonds. The van der Waals surface area contributed by atoms with Crippen molar-refractivity contribution >= 4 is 34.7 Å². The van der Waals surface area contributed by atoms with Gasteiger partial charge in [-0.3, -0.25) is 0 Å². The van der Waals surface area contributed by atoms with E-state index in [4.69, 9.17) is 32.7 Å². The first-order valence-electron chi connectivity index (χ1n) is 12.2. The fourth-order valence-corrected chi connectivity index (χ4v) is 5.10. The van der Waals surface area contributed by atoms with Gasteiger partial charge in [0.25, 0.3) is 0 Å². The molecule has 2 aliphatic rings. The van der Waals surface area contributed by atoms with Crippen molar-refractivity contribution in [3.05, 3.63) is 34.7 Å². The third-order valence-corrected chi connectivity index (χ3v) is 7.34. The summed E-state index contributed by atoms with van der Waals surface area (Å²) in [4.78, 5) is 8.93. The first-order valence-corrected chi connectivity index (χ1v) is 13.0. The Hall–Kier alpha value is -1.64. The Morgan fingerprint density at radius 2 is 1.74 bits per heavy atom. The second-order valence-electron chi connectivity index (χ2n) is 9.19. The Morgan fingerprint density at radius 1 is 0.971 bits per heavy atom. The van der Waals surface area contributed by atoms with Crippen LogP contribution in [0.4, 0.5) is 11.5 Å². The molecule has 0 radical (unpaired) electrons. The Balaban J connectivity index is 1.39. The summed E-state index contributed by atoms with van der Waals surface area (Å²) in [6, 6.07) is 4.96. The Labute approximate surface area is 212 Å². The Bertz CT molecular complexity index is 918. The first kappa shape index (κ1) is 25.5. The second-order valence-corrected chi connectivity index (χ2v) is 9.95. The zero-order chi connectivity index (χ0) is 23.8. The van der Waals surface area contributed by atoms with Crippen molar-refractivity contribution in [2.24, 2.45) is 5.92 Å². The van der Waals surface area contributed by atoms with E-state index >= 15 is 0 Å². The summed E-state index contributed by atoms with van der Waals surface area (Å²) in [5.41, 5.74) is 2.58. The average Bonchev–Trinajstić information content (AvgIpc) is 2.87. The smallest absolute Gasteiger partial charge is 0.137 e. The number of nitrogens with zero attached hydrogens (tertiary/aromatic N) is 2. The molecule has 3 N–H and O–H groups in total. The van der Waals surface area contributed by atoms with Crippen molar-refractivity contribution in [3.8, 4) is 11.1 Å². The van der Waals surface area contributed by atoms with Crippen molar-refractivity contribution in [1.82, 2.24) is 15.3 Å². The Morgan fingerprint density at radius 3 is 2.50 bits per heavy atom. The Kier molecular flexibility index (Phi) is 9.65. The van der Waals surface area contributed by atoms with Gasteiger partial charge in [0.05, 0.1) is 23.5 Å². The van der Waals surface area contributed by atoms with Crippen LogP contribution in [0.15, 0.2) is 24.5 Å². The van der Waals surface area contributed by atoms with Crippen LogP contribution in [-0.4, -0.2) is 62.1 Å². The fraction of sp³-hybridized carbons (Fsp3) is 0.600. The lowest BCUT2D eigenvalue weighted by molar-refractivity contribution is 0.0699. The number of rotatable bonds is 10. The number of anilines is 2. The van der Waals surface area contributed by atoms with Gasteiger partial charge >= 0.3 is 0 Å². The highest BCUT2D eigenvalue weighted by atomic mass is 35.5. The number of aromatic nitrogens is 2. The normalized spacial score (nSPS) is 21.4. The molecule has 3 heterocycles. The summed E-state index contributed by atoms with van der Waals surface area (Å²) in [5.74, 6) is 1.42. The van der Waals surface area contributed by atoms with Gasteiger partial charge in [-0.05, 0) is 56.6 Å². The molecule has 0 aromatic carbocycles. The molecule has 0 unspecified atom stereocenters. The van der Waals surface area contributed by atoms with Crippen molar-refractivity contribution in [2.45, 2.75) is 50.6 Å². The predicted molar refractivity (Wildman–Crippen MR) is 139 cm³/mol. The zero-order valence-corrected chi connectivity index (χ0v) is 21.3. The van der Waals surface area contributed by atoms with Crippen molar-refractivity contribution in [2.75, 3.05) is 50.7 Å². The van der Waals surface area contributed by atoms with E-state index in [2.05, 4.69) is 25.9 Å². The number of halogens is 2. The largest absolute Gasteiger partial charge is 0.384 e. The van der Waals surface area contributed by atoms with Gasteiger partial charge in [-0.2, -0.15) is 0 Å². The molecular weight excluding hydrogens is 473 g/mol. The lowest BCUT2D eigenvalue weighted by Crippen LogP contribution is -2.38. The van der Waals surface area contributed by atoms with E-state index in [1.54, 1.807) is 19.5 Å². The molecule has 186 valence electrons. The molecule has 0 atom stereocenters. The summed E-state index contributed by atoms with van der Waals surface area (Å²) in [6.45, 7) is 4.22. The highest BCUT2D eigenvalue weighted by Gasteiger charge is 2.21. The fourth-order valence-electron chi connectivity index (χ4n) is 4.69. The standard InChI is InChI=1S/C25H35Cl2N5O2/c1-33-11-8-28-18-2-4-19(5-3-18)32-24-13-21(23(26)16-30-24)22-12-20(15-31-25(22)27)29-14-17-6-9-34-10-7-17/h12-13,15-19,28-29H,2-11,14H2,1H3,(H,30,32). The van der Waals surface area contributed by atoms with E-state index in [-0.39, 0.29) is 0 Å². The van der Waals surface area contributed by atoms with E-state index in [1.807, 2.05) is 12.1 Å². The van der Waals surface area contributed by atoms with Crippen LogP contribution in [0.1, 0.15) is 38.5 Å². The number of pyridine rings is 2. The molecule has 2 aromatic heterocycles. The second kappa shape index (κ2) is 12.9. The molecule has 1 saturated heterocycles. The molecule has 4 rings (SSSR count). The van der Waals surface area contributed by atoms with Gasteiger partial charge in [-0.25, -0.2) is 9.97 Å². The average molecular weight is 508 g/mol. The highest BCUT2D eigenvalue weighted by molar-refractivity contribution is 6.36. The van der Waals surface area contributed by atoms with Crippen molar-refractivity contribution in [1.29, 1.82) is 0 Å². The topological polar surface area (TPSA) is 80.3 Å². The summed E-state index contributed by atoms with van der Waals surface area (Å²) < 4.78 is 10.6. The van der Waals surface area contributed by atoms with Crippen molar-refractivity contribution < 1.29 is 9.47 Å². The maximum absolute atomic E-state index is 6.55. The SMILES string of the molecule is COCCNC1CCC(Nc2cc(-c3cc(NCC4CCOCC4)cnc3Cl)c(Cl)cn2)CC1. The van der Waals surface area contributed by atoms with E-state index in [0.717, 1.165) is 94.1 Å². The molecule has 2 fully saturated rings. The molecule has 9 heteroatoms. The number of ether oxygens (including phenoxy) is 2. The third kappa shape index (κ3) is 7.18. The maximum Gasteiger partial charge on any atom is 0.137 e. The lowest BCUT2D eigenvalue weighted by atomic mass is 9.91. The molecule has 7 nitrogen and oxygen atoms in total. The van der Waals surface area contributed by atoms with E-state index in [0.29, 0.717) is 28.2 Å². The number of hydrogen-bond donors (Lipinski definition) is 3. The maximum atomic E-state index is 6.55. The molecule has 2 aromatic rings. The van der Waals surface area contributed by atoms with Crippen LogP contribution < -0.4 is 16.0 Å². The molecular formula is C25H35Cl2N5O2. The third-order valence-electron chi connectivity index (χ3n) is 6.74. The van der Waals surface area contributed by atoms with Crippen LogP contribution >= 0.6 is 23.2 Å². The summed E-state index contributed by atoms with van der Waals surface area (Å²) in [7, 11) is 1.74. The predicted octanol–water partition coefficient (Wildman–Crippen LogP) is 5.25. The molecule has 34 heavy (non-hydrogen) atoms. The zero-order valence-electron chi connectivity index (χ0n) is 19.8. The van der Waals surface area contributed by atoms with Crippen LogP contribution in [0.3, 0.4) is 0 Å². The van der Waals surface area contributed by atoms with Gasteiger partial charge < -0.3 is 25.4 Å². The van der Waals surface area contributed by atoms with Gasteiger partial charge in [-0.1, -0.05) is 23.2 Å². The van der Waals surface area contributed by atoms with Gasteiger partial charge in [0.1, 0.15) is 11.0 Å². The minimum absolute atomic E-state index is 0.392. The highest BCUT2D eigenvalue weighted by Crippen LogP contribution is 2.35. The minimum Gasteiger partial charge on any atom is -0.384 e. The first-order chi connectivity index (χ1) is 16.6. The molecule has 1 aliphatic heterocycles. The lowest BCUT2D eigenvalue weighted by Gasteiger charge is -2.30. The molecule has 1 aliphatic carbocycles. The number of nitrogens with one attached hydrogen (secondary N) is 3. The van der Waals surface area contributed by atoms with Gasteiger partial charge in [0.2, 0.25) is 0 Å². The monoisotopic (exact) mass is 507 g/mol. The van der Waals surface area contributed by atoms with E-state index in [1.165, 1.54) is 0 Å². The van der Waals surface area contributed by atoms with E-state index in [9.17, 15) is 0 Å².